The number of halogens is 2. The van der Waals surface area contributed by atoms with E-state index < -0.39 is 0 Å². The van der Waals surface area contributed by atoms with Gasteiger partial charge in [0.05, 0.1) is 0 Å². The average molecular weight is 599 g/mol. The zero-order valence-corrected chi connectivity index (χ0v) is 25.2. The molecule has 0 atom stereocenters. The van der Waals surface area contributed by atoms with Gasteiger partial charge in [0, 0.05) is 37.1 Å². The summed E-state index contributed by atoms with van der Waals surface area (Å²) in [6.45, 7) is 6.86. The number of nitrogens with zero attached hydrogens (tertiary/aromatic N) is 2. The first-order valence-corrected chi connectivity index (χ1v) is 13.8. The fourth-order valence-electron chi connectivity index (χ4n) is 4.45. The van der Waals surface area contributed by atoms with Crippen molar-refractivity contribution in [1.82, 2.24) is 0 Å². The van der Waals surface area contributed by atoms with Crippen LogP contribution >= 0.6 is 0 Å². The van der Waals surface area contributed by atoms with Gasteiger partial charge in [-0.2, -0.15) is 0 Å². The molecule has 0 spiro atoms. The highest BCUT2D eigenvalue weighted by molar-refractivity contribution is 5.60. The number of hydrogen-bond acceptors (Lipinski definition) is 0. The van der Waals surface area contributed by atoms with E-state index in [-0.39, 0.29) is 34.0 Å². The molecular weight excluding hydrogens is 548 g/mol. The number of aryl methyl sites for hydroxylation is 2. The number of aromatic nitrogens is 2. The van der Waals surface area contributed by atoms with E-state index in [2.05, 4.69) is 72.0 Å². The van der Waals surface area contributed by atoms with Crippen LogP contribution in [-0.2, 0) is 13.1 Å². The Morgan fingerprint density at radius 1 is 0.412 bits per heavy atom. The number of hydrogen-bond donors (Lipinski definition) is 0. The Morgan fingerprint density at radius 2 is 0.676 bits per heavy atom. The number of rotatable bonds is 19. The predicted octanol–water partition coefficient (Wildman–Crippen LogP) is 2.22. The summed E-state index contributed by atoms with van der Waals surface area (Å²) >= 11 is 0. The van der Waals surface area contributed by atoms with Crippen LogP contribution < -0.4 is 43.1 Å². The van der Waals surface area contributed by atoms with Crippen molar-refractivity contribution in [3.05, 3.63) is 49.1 Å². The molecule has 2 heterocycles. The highest BCUT2D eigenvalue weighted by Gasteiger charge is 2.06. The molecule has 0 amide bonds. The molecule has 194 valence electrons. The molecule has 0 unspecified atom stereocenters. The standard InChI is InChI=1S/C30H50N2.2BrH/c1-3-5-7-9-11-13-15-17-23-31-25-19-29(20-26-31)30-21-27-32(28-22-30)24-18-16-14-12-10-8-6-4-2;;/h19-22,25-28H,3-18,23-24H2,1-2H3;2*1H/q+2;;/p-2. The van der Waals surface area contributed by atoms with Crippen LogP contribution in [-0.4, -0.2) is 0 Å². The van der Waals surface area contributed by atoms with Crippen LogP contribution in [0, 0.1) is 0 Å². The van der Waals surface area contributed by atoms with Gasteiger partial charge in [-0.25, -0.2) is 9.13 Å². The van der Waals surface area contributed by atoms with Gasteiger partial charge >= 0.3 is 0 Å². The summed E-state index contributed by atoms with van der Waals surface area (Å²) in [5.74, 6) is 0. The Morgan fingerprint density at radius 3 is 0.971 bits per heavy atom. The molecule has 0 aromatic carbocycles. The van der Waals surface area contributed by atoms with Gasteiger partial charge in [-0.15, -0.1) is 0 Å². The molecule has 34 heavy (non-hydrogen) atoms. The highest BCUT2D eigenvalue weighted by Crippen LogP contribution is 2.16. The molecule has 4 heteroatoms. The van der Waals surface area contributed by atoms with Crippen LogP contribution in [0.2, 0.25) is 0 Å². The zero-order valence-electron chi connectivity index (χ0n) is 22.0. The van der Waals surface area contributed by atoms with Crippen LogP contribution in [0.5, 0.6) is 0 Å². The van der Waals surface area contributed by atoms with E-state index in [1.54, 1.807) is 0 Å². The lowest BCUT2D eigenvalue weighted by molar-refractivity contribution is -0.697. The van der Waals surface area contributed by atoms with Crippen molar-refractivity contribution in [1.29, 1.82) is 0 Å². The van der Waals surface area contributed by atoms with Crippen molar-refractivity contribution in [2.45, 2.75) is 130 Å². The number of pyridine rings is 2. The van der Waals surface area contributed by atoms with E-state index in [0.717, 1.165) is 13.1 Å². The van der Waals surface area contributed by atoms with Gasteiger partial charge in [0.25, 0.3) is 0 Å². The normalized spacial score (nSPS) is 10.5. The molecule has 0 N–H and O–H groups in total. The zero-order chi connectivity index (χ0) is 22.7. The fraction of sp³-hybridized carbons (Fsp3) is 0.667. The van der Waals surface area contributed by atoms with Crippen molar-refractivity contribution in [3.63, 3.8) is 0 Å². The third kappa shape index (κ3) is 15.3. The van der Waals surface area contributed by atoms with Gasteiger partial charge in [0.2, 0.25) is 0 Å². The van der Waals surface area contributed by atoms with Crippen LogP contribution in [0.1, 0.15) is 117 Å². The molecule has 0 saturated carbocycles. The van der Waals surface area contributed by atoms with E-state index in [1.165, 1.54) is 114 Å². The maximum atomic E-state index is 2.34. The molecule has 0 aliphatic carbocycles. The molecule has 0 bridgehead atoms. The van der Waals surface area contributed by atoms with Gasteiger partial charge in [0.1, 0.15) is 13.1 Å². The summed E-state index contributed by atoms with van der Waals surface area (Å²) in [5, 5.41) is 0. The van der Waals surface area contributed by atoms with Gasteiger partial charge in [-0.3, -0.25) is 0 Å². The van der Waals surface area contributed by atoms with Gasteiger partial charge in [0.15, 0.2) is 24.8 Å². The average Bonchev–Trinajstić information content (AvgIpc) is 2.83. The second-order valence-electron chi connectivity index (χ2n) is 9.60. The van der Waals surface area contributed by atoms with E-state index in [9.17, 15) is 0 Å². The van der Waals surface area contributed by atoms with Crippen molar-refractivity contribution in [2.75, 3.05) is 0 Å². The summed E-state index contributed by atoms with van der Waals surface area (Å²) in [7, 11) is 0. The topological polar surface area (TPSA) is 7.76 Å². The first-order valence-electron chi connectivity index (χ1n) is 13.8. The van der Waals surface area contributed by atoms with Gasteiger partial charge < -0.3 is 34.0 Å². The highest BCUT2D eigenvalue weighted by atomic mass is 79.9. The van der Waals surface area contributed by atoms with Crippen LogP contribution in [0.4, 0.5) is 0 Å². The summed E-state index contributed by atoms with van der Waals surface area (Å²) in [4.78, 5) is 0. The first kappa shape index (κ1) is 33.3. The molecule has 2 nitrogen and oxygen atoms in total. The summed E-state index contributed by atoms with van der Waals surface area (Å²) in [5.41, 5.74) is 2.63. The fourth-order valence-corrected chi connectivity index (χ4v) is 4.45. The van der Waals surface area contributed by atoms with Crippen LogP contribution in [0.25, 0.3) is 11.1 Å². The molecule has 0 saturated heterocycles. The largest absolute Gasteiger partial charge is 1.00 e. The maximum absolute atomic E-state index is 2.34. The Labute approximate surface area is 232 Å². The summed E-state index contributed by atoms with van der Waals surface area (Å²) in [6, 6.07) is 9.07. The Balaban J connectivity index is 0.00000544. The molecule has 0 radical (unpaired) electrons. The molecule has 2 aromatic heterocycles. The first-order chi connectivity index (χ1) is 15.8. The van der Waals surface area contributed by atoms with Gasteiger partial charge in [-0.1, -0.05) is 90.9 Å². The molecule has 0 fully saturated rings. The van der Waals surface area contributed by atoms with Crippen LogP contribution in [0.15, 0.2) is 49.1 Å². The monoisotopic (exact) mass is 596 g/mol. The van der Waals surface area contributed by atoms with Crippen molar-refractivity contribution in [2.24, 2.45) is 0 Å². The molecule has 0 aliphatic heterocycles. The Hall–Kier alpha value is -0.740. The molecule has 0 aliphatic rings. The van der Waals surface area contributed by atoms with Crippen molar-refractivity contribution < 1.29 is 43.1 Å². The third-order valence-electron chi connectivity index (χ3n) is 6.66. The minimum Gasteiger partial charge on any atom is -1.00 e. The van der Waals surface area contributed by atoms with E-state index in [1.807, 2.05) is 0 Å². The smallest absolute Gasteiger partial charge is 0.169 e. The molecule has 2 rings (SSSR count). The lowest BCUT2D eigenvalue weighted by atomic mass is 10.1. The van der Waals surface area contributed by atoms with Crippen molar-refractivity contribution in [3.8, 4) is 11.1 Å². The van der Waals surface area contributed by atoms with Gasteiger partial charge in [-0.05, 0) is 24.0 Å². The minimum absolute atomic E-state index is 0. The van der Waals surface area contributed by atoms with E-state index >= 15 is 0 Å². The summed E-state index contributed by atoms with van der Waals surface area (Å²) < 4.78 is 4.68. The Kier molecular flexibility index (Phi) is 22.2. The van der Waals surface area contributed by atoms with E-state index in [4.69, 9.17) is 0 Å². The quantitative estimate of drug-likeness (QED) is 0.173. The predicted molar refractivity (Wildman–Crippen MR) is 137 cm³/mol. The Bertz CT molecular complexity index is 624. The third-order valence-corrected chi connectivity index (χ3v) is 6.66. The second kappa shape index (κ2) is 22.7. The maximum Gasteiger partial charge on any atom is 0.169 e. The molecule has 2 aromatic rings. The van der Waals surface area contributed by atoms with Crippen molar-refractivity contribution >= 4 is 0 Å². The second-order valence-corrected chi connectivity index (χ2v) is 9.60. The minimum atomic E-state index is 0. The lowest BCUT2D eigenvalue weighted by Crippen LogP contribution is -3.00. The van der Waals surface area contributed by atoms with E-state index in [0.29, 0.717) is 0 Å². The van der Waals surface area contributed by atoms with Crippen LogP contribution in [0.3, 0.4) is 0 Å². The molecular formula is C30H50Br2N2. The number of unbranched alkanes of at least 4 members (excludes halogenated alkanes) is 14. The SMILES string of the molecule is CCCCCCCCCC[n+]1ccc(-c2cc[n+](CCCCCCCCCC)cc2)cc1.[Br-].[Br-]. The summed E-state index contributed by atoms with van der Waals surface area (Å²) in [6.07, 6.45) is 31.1. The lowest BCUT2D eigenvalue weighted by Gasteiger charge is -2.03.